The standard InChI is InChI=1S/C14H25NO2/c1-10(12(16)17)7-15-9-14(4)6-11(15)5-13(2,3)8-14/h10-11H,5-9H2,1-4H3,(H,16,17). The largest absolute Gasteiger partial charge is 0.481 e. The highest BCUT2D eigenvalue weighted by Gasteiger charge is 2.49. The van der Waals surface area contributed by atoms with Gasteiger partial charge in [0.05, 0.1) is 5.92 Å². The van der Waals surface area contributed by atoms with Crippen molar-refractivity contribution >= 4 is 5.97 Å². The molecule has 0 spiro atoms. The summed E-state index contributed by atoms with van der Waals surface area (Å²) in [7, 11) is 0. The molecule has 2 fully saturated rings. The zero-order chi connectivity index (χ0) is 12.8. The van der Waals surface area contributed by atoms with E-state index in [1.54, 1.807) is 0 Å². The Morgan fingerprint density at radius 1 is 1.41 bits per heavy atom. The Bertz CT molecular complexity index is 326. The number of nitrogens with zero attached hydrogens (tertiary/aromatic N) is 1. The van der Waals surface area contributed by atoms with Gasteiger partial charge in [0, 0.05) is 19.1 Å². The van der Waals surface area contributed by atoms with Crippen molar-refractivity contribution in [2.24, 2.45) is 16.7 Å². The van der Waals surface area contributed by atoms with Gasteiger partial charge in [-0.3, -0.25) is 9.69 Å². The van der Waals surface area contributed by atoms with Crippen molar-refractivity contribution in [3.63, 3.8) is 0 Å². The van der Waals surface area contributed by atoms with Gasteiger partial charge in [-0.05, 0) is 30.1 Å². The van der Waals surface area contributed by atoms with Gasteiger partial charge in [0.15, 0.2) is 0 Å². The first-order valence-corrected chi connectivity index (χ1v) is 6.68. The Kier molecular flexibility index (Phi) is 3.01. The number of carboxylic acid groups (broad SMARTS) is 1. The summed E-state index contributed by atoms with van der Waals surface area (Å²) in [4.78, 5) is 13.4. The number of carboxylic acids is 1. The molecule has 3 nitrogen and oxygen atoms in total. The summed E-state index contributed by atoms with van der Waals surface area (Å²) >= 11 is 0. The molecule has 3 atom stereocenters. The van der Waals surface area contributed by atoms with Crippen LogP contribution in [0, 0.1) is 16.7 Å². The normalized spacial score (nSPS) is 38.0. The number of hydrogen-bond donors (Lipinski definition) is 1. The lowest BCUT2D eigenvalue weighted by Gasteiger charge is -2.40. The molecule has 3 heteroatoms. The lowest BCUT2D eigenvalue weighted by atomic mass is 9.65. The van der Waals surface area contributed by atoms with E-state index in [0.717, 1.165) is 6.54 Å². The minimum atomic E-state index is -0.670. The molecule has 0 aromatic rings. The maximum Gasteiger partial charge on any atom is 0.307 e. The topological polar surface area (TPSA) is 40.5 Å². The molecule has 1 N–H and O–H groups in total. The number of hydrogen-bond acceptors (Lipinski definition) is 2. The molecule has 0 aromatic carbocycles. The molecule has 0 radical (unpaired) electrons. The second-order valence-electron chi connectivity index (χ2n) is 7.38. The molecule has 1 saturated carbocycles. The van der Waals surface area contributed by atoms with Crippen LogP contribution in [-0.2, 0) is 4.79 Å². The van der Waals surface area contributed by atoms with Gasteiger partial charge in [0.1, 0.15) is 0 Å². The number of rotatable bonds is 3. The molecule has 17 heavy (non-hydrogen) atoms. The average Bonchev–Trinajstić information content (AvgIpc) is 2.34. The molecule has 0 amide bonds. The zero-order valence-electron chi connectivity index (χ0n) is 11.5. The first-order chi connectivity index (χ1) is 7.71. The lowest BCUT2D eigenvalue weighted by molar-refractivity contribution is -0.141. The fourth-order valence-electron chi connectivity index (χ4n) is 4.22. The average molecular weight is 239 g/mol. The van der Waals surface area contributed by atoms with Crippen LogP contribution in [0.2, 0.25) is 0 Å². The highest BCUT2D eigenvalue weighted by molar-refractivity contribution is 5.69. The van der Waals surface area contributed by atoms with E-state index in [-0.39, 0.29) is 5.92 Å². The molecule has 1 saturated heterocycles. The van der Waals surface area contributed by atoms with Crippen molar-refractivity contribution in [2.75, 3.05) is 13.1 Å². The van der Waals surface area contributed by atoms with Crippen LogP contribution < -0.4 is 0 Å². The molecule has 2 aliphatic rings. The molecule has 3 unspecified atom stereocenters. The summed E-state index contributed by atoms with van der Waals surface area (Å²) in [5.74, 6) is -0.920. The van der Waals surface area contributed by atoms with E-state index in [9.17, 15) is 4.79 Å². The highest BCUT2D eigenvalue weighted by Crippen LogP contribution is 2.52. The first-order valence-electron chi connectivity index (χ1n) is 6.68. The van der Waals surface area contributed by atoms with E-state index in [4.69, 9.17) is 5.11 Å². The van der Waals surface area contributed by atoms with Gasteiger partial charge in [0.2, 0.25) is 0 Å². The fourth-order valence-corrected chi connectivity index (χ4v) is 4.22. The molecule has 1 aliphatic carbocycles. The van der Waals surface area contributed by atoms with E-state index in [0.29, 0.717) is 23.4 Å². The third kappa shape index (κ3) is 2.65. The second kappa shape index (κ2) is 3.98. The third-order valence-electron chi connectivity index (χ3n) is 4.45. The fraction of sp³-hybridized carbons (Fsp3) is 0.929. The Hall–Kier alpha value is -0.570. The molecule has 0 aromatic heterocycles. The lowest BCUT2D eigenvalue weighted by Crippen LogP contribution is -2.37. The quantitative estimate of drug-likeness (QED) is 0.823. The van der Waals surface area contributed by atoms with Gasteiger partial charge in [-0.2, -0.15) is 0 Å². The smallest absolute Gasteiger partial charge is 0.307 e. The molecular formula is C14H25NO2. The van der Waals surface area contributed by atoms with Gasteiger partial charge in [0.25, 0.3) is 0 Å². The Morgan fingerprint density at radius 3 is 2.65 bits per heavy atom. The summed E-state index contributed by atoms with van der Waals surface area (Å²) in [6, 6.07) is 0.602. The van der Waals surface area contributed by atoms with Crippen LogP contribution >= 0.6 is 0 Å². The predicted octanol–water partition coefficient (Wildman–Crippen LogP) is 2.61. The van der Waals surface area contributed by atoms with Crippen LogP contribution in [0.3, 0.4) is 0 Å². The Labute approximate surface area is 104 Å². The van der Waals surface area contributed by atoms with Gasteiger partial charge in [-0.15, -0.1) is 0 Å². The summed E-state index contributed by atoms with van der Waals surface area (Å²) in [5.41, 5.74) is 0.823. The zero-order valence-corrected chi connectivity index (χ0v) is 11.5. The van der Waals surface area contributed by atoms with Gasteiger partial charge >= 0.3 is 5.97 Å². The molecular weight excluding hydrogens is 214 g/mol. The van der Waals surface area contributed by atoms with Crippen LogP contribution in [-0.4, -0.2) is 35.1 Å². The van der Waals surface area contributed by atoms with E-state index in [2.05, 4.69) is 25.7 Å². The maximum atomic E-state index is 11.0. The SMILES string of the molecule is CC(CN1CC2(C)CC1CC(C)(C)C2)C(=O)O. The van der Waals surface area contributed by atoms with E-state index >= 15 is 0 Å². The van der Waals surface area contributed by atoms with Gasteiger partial charge in [-0.25, -0.2) is 0 Å². The van der Waals surface area contributed by atoms with Crippen molar-refractivity contribution in [2.45, 2.75) is 53.0 Å². The van der Waals surface area contributed by atoms with Crippen LogP contribution in [0.15, 0.2) is 0 Å². The minimum absolute atomic E-state index is 0.249. The Morgan fingerprint density at radius 2 is 2.06 bits per heavy atom. The van der Waals surface area contributed by atoms with Crippen molar-refractivity contribution in [3.8, 4) is 0 Å². The van der Waals surface area contributed by atoms with Crippen LogP contribution in [0.5, 0.6) is 0 Å². The second-order valence-corrected chi connectivity index (χ2v) is 7.38. The molecule has 2 bridgehead atoms. The van der Waals surface area contributed by atoms with Crippen LogP contribution in [0.1, 0.15) is 47.0 Å². The first kappa shape index (κ1) is 12.9. The summed E-state index contributed by atoms with van der Waals surface area (Å²) in [5, 5.41) is 9.02. The molecule has 1 aliphatic heterocycles. The third-order valence-corrected chi connectivity index (χ3v) is 4.45. The minimum Gasteiger partial charge on any atom is -0.481 e. The summed E-state index contributed by atoms with van der Waals surface area (Å²) in [6.45, 7) is 10.7. The van der Waals surface area contributed by atoms with Gasteiger partial charge in [-0.1, -0.05) is 27.7 Å². The van der Waals surface area contributed by atoms with E-state index < -0.39 is 5.97 Å². The molecule has 2 rings (SSSR count). The van der Waals surface area contributed by atoms with Crippen molar-refractivity contribution in [1.82, 2.24) is 4.90 Å². The molecule has 98 valence electrons. The van der Waals surface area contributed by atoms with Crippen molar-refractivity contribution in [1.29, 1.82) is 0 Å². The number of aliphatic carboxylic acids is 1. The van der Waals surface area contributed by atoms with Crippen molar-refractivity contribution in [3.05, 3.63) is 0 Å². The van der Waals surface area contributed by atoms with E-state index in [1.165, 1.54) is 19.3 Å². The number of likely N-dealkylation sites (tertiary alicyclic amines) is 1. The maximum absolute atomic E-state index is 11.0. The van der Waals surface area contributed by atoms with Gasteiger partial charge < -0.3 is 5.11 Å². The van der Waals surface area contributed by atoms with E-state index in [1.807, 2.05) is 6.92 Å². The summed E-state index contributed by atoms with van der Waals surface area (Å²) < 4.78 is 0. The summed E-state index contributed by atoms with van der Waals surface area (Å²) in [6.07, 6.45) is 3.74. The number of carbonyl (C=O) groups is 1. The molecule has 1 heterocycles. The monoisotopic (exact) mass is 239 g/mol. The highest BCUT2D eigenvalue weighted by atomic mass is 16.4. The van der Waals surface area contributed by atoms with Crippen LogP contribution in [0.25, 0.3) is 0 Å². The Balaban J connectivity index is 2.06. The predicted molar refractivity (Wildman–Crippen MR) is 67.9 cm³/mol. The van der Waals surface area contributed by atoms with Crippen molar-refractivity contribution < 1.29 is 9.90 Å². The van der Waals surface area contributed by atoms with Crippen LogP contribution in [0.4, 0.5) is 0 Å². The number of fused-ring (bicyclic) bond motifs is 2.